The van der Waals surface area contributed by atoms with Gasteiger partial charge in [-0.2, -0.15) is 0 Å². The van der Waals surface area contributed by atoms with Gasteiger partial charge in [0.1, 0.15) is 35.8 Å². The van der Waals surface area contributed by atoms with E-state index in [0.29, 0.717) is 46.4 Å². The van der Waals surface area contributed by atoms with E-state index in [1.54, 1.807) is 25.1 Å². The van der Waals surface area contributed by atoms with E-state index in [1.165, 1.54) is 12.1 Å². The van der Waals surface area contributed by atoms with Gasteiger partial charge in [0, 0.05) is 47.8 Å². The molecular formula is C29H28F3NO4. The zero-order chi connectivity index (χ0) is 26.3. The molecule has 5 rings (SSSR count). The summed E-state index contributed by atoms with van der Waals surface area (Å²) in [5.74, 6) is -1.27. The van der Waals surface area contributed by atoms with Gasteiger partial charge in [-0.1, -0.05) is 12.1 Å². The summed E-state index contributed by atoms with van der Waals surface area (Å²) >= 11 is 0. The van der Waals surface area contributed by atoms with E-state index in [1.807, 2.05) is 19.1 Å². The first kappa shape index (κ1) is 25.0. The van der Waals surface area contributed by atoms with Gasteiger partial charge in [0.15, 0.2) is 11.6 Å². The second-order valence-corrected chi connectivity index (χ2v) is 9.70. The van der Waals surface area contributed by atoms with Crippen LogP contribution in [0.4, 0.5) is 13.2 Å². The molecule has 1 unspecified atom stereocenters. The molecule has 37 heavy (non-hydrogen) atoms. The summed E-state index contributed by atoms with van der Waals surface area (Å²) in [6.07, 6.45) is -0.761. The highest BCUT2D eigenvalue weighted by atomic mass is 19.1. The van der Waals surface area contributed by atoms with E-state index in [0.717, 1.165) is 19.2 Å². The van der Waals surface area contributed by atoms with Crippen LogP contribution in [0.5, 0.6) is 23.0 Å². The van der Waals surface area contributed by atoms with Crippen LogP contribution in [0.15, 0.2) is 54.6 Å². The minimum Gasteiger partial charge on any atom is -0.508 e. The first-order chi connectivity index (χ1) is 17.7. The molecule has 194 valence electrons. The van der Waals surface area contributed by atoms with E-state index in [9.17, 15) is 23.4 Å². The Morgan fingerprint density at radius 2 is 1.73 bits per heavy atom. The number of ether oxygens (including phenoxy) is 2. The Morgan fingerprint density at radius 3 is 2.43 bits per heavy atom. The van der Waals surface area contributed by atoms with Crippen molar-refractivity contribution in [2.24, 2.45) is 5.92 Å². The molecule has 8 heteroatoms. The molecule has 1 saturated heterocycles. The minimum absolute atomic E-state index is 0.00526. The highest BCUT2D eigenvalue weighted by molar-refractivity contribution is 5.96. The highest BCUT2D eigenvalue weighted by Gasteiger charge is 2.32. The zero-order valence-electron chi connectivity index (χ0n) is 20.5. The van der Waals surface area contributed by atoms with Crippen molar-refractivity contribution in [3.63, 3.8) is 0 Å². The predicted molar refractivity (Wildman–Crippen MR) is 134 cm³/mol. The molecule has 2 atom stereocenters. The number of rotatable bonds is 7. The van der Waals surface area contributed by atoms with Crippen molar-refractivity contribution < 1.29 is 32.9 Å². The fraction of sp³-hybridized carbons (Fsp3) is 0.310. The van der Waals surface area contributed by atoms with Crippen LogP contribution in [-0.4, -0.2) is 47.5 Å². The fourth-order valence-electron chi connectivity index (χ4n) is 4.89. The highest BCUT2D eigenvalue weighted by Crippen LogP contribution is 2.48. The normalized spacial score (nSPS) is 18.7. The van der Waals surface area contributed by atoms with Crippen molar-refractivity contribution in [3.05, 3.63) is 82.9 Å². The van der Waals surface area contributed by atoms with E-state index < -0.39 is 23.5 Å². The number of nitrogens with zero attached hydrogens (tertiary/aromatic N) is 1. The second-order valence-electron chi connectivity index (χ2n) is 9.70. The molecule has 3 aromatic carbocycles. The van der Waals surface area contributed by atoms with Gasteiger partial charge in [0.2, 0.25) is 0 Å². The molecule has 2 heterocycles. The van der Waals surface area contributed by atoms with E-state index >= 15 is 0 Å². The summed E-state index contributed by atoms with van der Waals surface area (Å²) in [7, 11) is 0. The molecule has 2 aliphatic rings. The third-order valence-corrected chi connectivity index (χ3v) is 7.11. The Hall–Kier alpha value is -3.65. The van der Waals surface area contributed by atoms with Gasteiger partial charge in [-0.3, -0.25) is 9.29 Å². The maximum absolute atomic E-state index is 15.0. The molecule has 5 nitrogen and oxygen atoms in total. The van der Waals surface area contributed by atoms with E-state index in [2.05, 4.69) is 4.90 Å². The molecule has 1 fully saturated rings. The lowest BCUT2D eigenvalue weighted by molar-refractivity contribution is 0.0265. The maximum atomic E-state index is 15.0. The quantitative estimate of drug-likeness (QED) is 0.401. The van der Waals surface area contributed by atoms with Crippen molar-refractivity contribution in [3.8, 4) is 23.0 Å². The van der Waals surface area contributed by atoms with Crippen LogP contribution in [-0.2, 0) is 0 Å². The smallest absolute Gasteiger partial charge is 0.167 e. The van der Waals surface area contributed by atoms with Crippen LogP contribution in [0.2, 0.25) is 0 Å². The number of fused-ring (bicyclic) bond motifs is 1. The number of phenols is 2. The fourth-order valence-corrected chi connectivity index (χ4v) is 4.89. The minimum atomic E-state index is -1.06. The number of halogens is 3. The van der Waals surface area contributed by atoms with E-state index in [4.69, 9.17) is 9.47 Å². The van der Waals surface area contributed by atoms with Crippen LogP contribution >= 0.6 is 0 Å². The lowest BCUT2D eigenvalue weighted by Gasteiger charge is -2.41. The van der Waals surface area contributed by atoms with Gasteiger partial charge >= 0.3 is 0 Å². The lowest BCUT2D eigenvalue weighted by Crippen LogP contribution is -2.53. The molecule has 0 bridgehead atoms. The number of likely N-dealkylation sites (tertiary alicyclic amines) is 1. The molecule has 0 aromatic heterocycles. The number of hydrogen-bond acceptors (Lipinski definition) is 5. The monoisotopic (exact) mass is 511 g/mol. The third-order valence-electron chi connectivity index (χ3n) is 7.11. The maximum Gasteiger partial charge on any atom is 0.167 e. The Bertz CT molecular complexity index is 1340. The number of aromatic hydroxyl groups is 2. The first-order valence-corrected chi connectivity index (χ1v) is 12.2. The molecule has 0 saturated carbocycles. The Labute approximate surface area is 213 Å². The third kappa shape index (κ3) is 4.85. The van der Waals surface area contributed by atoms with Crippen LogP contribution in [0, 0.1) is 17.6 Å². The van der Waals surface area contributed by atoms with Crippen molar-refractivity contribution in [2.75, 3.05) is 26.4 Å². The molecule has 2 aliphatic heterocycles. The number of alkyl halides is 1. The van der Waals surface area contributed by atoms with E-state index in [-0.39, 0.29) is 29.9 Å². The predicted octanol–water partition coefficient (Wildman–Crippen LogP) is 6.11. The SMILES string of the molecule is CC1=C(c2cc(O)c(F)cc2F)C(c2ccc(OC[C@H](C)N3CC(CF)C3)cc2)Oc2ccc(O)cc21. The standard InChI is InChI=1S/C29H28F3NO4/c1-16(33-13-18(12-30)14-33)15-36-21-6-3-19(4-7-21)29-28(23-10-26(35)25(32)11-24(23)31)17(2)22-9-20(34)5-8-27(22)37-29/h3-11,16,18,29,34-35H,12-15H2,1-2H3/t16-,29?/m0/s1. The van der Waals surface area contributed by atoms with Crippen LogP contribution in [0.3, 0.4) is 0 Å². The number of allylic oxidation sites excluding steroid dienone is 1. The first-order valence-electron chi connectivity index (χ1n) is 12.2. The summed E-state index contributed by atoms with van der Waals surface area (Å²) in [5.41, 5.74) is 2.32. The van der Waals surface area contributed by atoms with Crippen molar-refractivity contribution >= 4 is 11.1 Å². The van der Waals surface area contributed by atoms with Gasteiger partial charge < -0.3 is 19.7 Å². The lowest BCUT2D eigenvalue weighted by atomic mass is 9.85. The topological polar surface area (TPSA) is 62.2 Å². The van der Waals surface area contributed by atoms with Crippen LogP contribution in [0.25, 0.3) is 11.1 Å². The number of phenolic OH excluding ortho intramolecular Hbond substituents is 2. The van der Waals surface area contributed by atoms with Crippen molar-refractivity contribution in [2.45, 2.75) is 26.0 Å². The average molecular weight is 512 g/mol. The molecule has 0 aliphatic carbocycles. The molecule has 0 spiro atoms. The largest absolute Gasteiger partial charge is 0.508 e. The summed E-state index contributed by atoms with van der Waals surface area (Å²) in [6.45, 7) is 5.45. The van der Waals surface area contributed by atoms with Gasteiger partial charge in [0.25, 0.3) is 0 Å². The summed E-state index contributed by atoms with van der Waals surface area (Å²) in [4.78, 5) is 2.18. The second kappa shape index (κ2) is 10.0. The van der Waals surface area contributed by atoms with Gasteiger partial charge in [0.05, 0.1) is 6.67 Å². The van der Waals surface area contributed by atoms with Gasteiger partial charge in [-0.05, 0) is 61.4 Å². The zero-order valence-corrected chi connectivity index (χ0v) is 20.5. The summed E-state index contributed by atoms with van der Waals surface area (Å²) in [6, 6.07) is 13.7. The Kier molecular flexibility index (Phi) is 6.77. The Balaban J connectivity index is 1.43. The Morgan fingerprint density at radius 1 is 1.00 bits per heavy atom. The molecule has 3 aromatic rings. The molecular weight excluding hydrogens is 483 g/mol. The summed E-state index contributed by atoms with van der Waals surface area (Å²) in [5, 5.41) is 20.0. The van der Waals surface area contributed by atoms with Crippen molar-refractivity contribution in [1.29, 1.82) is 0 Å². The molecule has 0 radical (unpaired) electrons. The number of hydrogen-bond donors (Lipinski definition) is 2. The number of benzene rings is 3. The molecule has 2 N–H and O–H groups in total. The van der Waals surface area contributed by atoms with Crippen molar-refractivity contribution in [1.82, 2.24) is 4.90 Å². The molecule has 0 amide bonds. The van der Waals surface area contributed by atoms with Gasteiger partial charge in [-0.15, -0.1) is 0 Å². The van der Waals surface area contributed by atoms with Gasteiger partial charge in [-0.25, -0.2) is 8.78 Å². The summed E-state index contributed by atoms with van der Waals surface area (Å²) < 4.78 is 53.7. The van der Waals surface area contributed by atoms with Crippen LogP contribution < -0.4 is 9.47 Å². The average Bonchev–Trinajstić information content (AvgIpc) is 2.85. The van der Waals surface area contributed by atoms with Crippen LogP contribution in [0.1, 0.15) is 36.6 Å².